The molecule has 1 saturated heterocycles. The van der Waals surface area contributed by atoms with Gasteiger partial charge in [0.2, 0.25) is 5.91 Å². The molecule has 0 spiro atoms. The number of benzene rings is 1. The van der Waals surface area contributed by atoms with Gasteiger partial charge in [0.15, 0.2) is 0 Å². The smallest absolute Gasteiger partial charge is 0.219 e. The van der Waals surface area contributed by atoms with Crippen molar-refractivity contribution in [3.8, 4) is 0 Å². The molecule has 1 aromatic carbocycles. The van der Waals surface area contributed by atoms with Crippen molar-refractivity contribution < 1.29 is 4.79 Å². The van der Waals surface area contributed by atoms with Crippen LogP contribution in [0.3, 0.4) is 0 Å². The van der Waals surface area contributed by atoms with E-state index in [1.807, 2.05) is 18.8 Å². The second-order valence-corrected chi connectivity index (χ2v) is 7.03. The van der Waals surface area contributed by atoms with E-state index >= 15 is 0 Å². The van der Waals surface area contributed by atoms with E-state index in [-0.39, 0.29) is 5.91 Å². The number of thioether (sulfide) groups is 1. The predicted molar refractivity (Wildman–Crippen MR) is 87.2 cm³/mol. The number of carbonyl (C=O) groups is 1. The third-order valence-corrected chi connectivity index (χ3v) is 5.22. The van der Waals surface area contributed by atoms with Gasteiger partial charge in [-0.1, -0.05) is 19.1 Å². The molecule has 0 aliphatic carbocycles. The molecule has 1 aliphatic heterocycles. The Balaban J connectivity index is 2.00. The molecule has 2 rings (SSSR count). The summed E-state index contributed by atoms with van der Waals surface area (Å²) in [6.45, 7) is 4.57. The second kappa shape index (κ2) is 7.02. The Labute approximate surface area is 126 Å². The van der Waals surface area contributed by atoms with Crippen LogP contribution in [0.1, 0.15) is 32.3 Å². The van der Waals surface area contributed by atoms with Crippen LogP contribution in [0.4, 0.5) is 5.69 Å². The van der Waals surface area contributed by atoms with E-state index in [2.05, 4.69) is 36.5 Å². The second-order valence-electron chi connectivity index (χ2n) is 5.54. The summed E-state index contributed by atoms with van der Waals surface area (Å²) in [6, 6.07) is 8.96. The highest BCUT2D eigenvalue weighted by Gasteiger charge is 2.21. The van der Waals surface area contributed by atoms with E-state index in [9.17, 15) is 4.79 Å². The number of carbonyl (C=O) groups excluding carboxylic acids is 1. The van der Waals surface area contributed by atoms with Crippen LogP contribution < -0.4 is 5.32 Å². The molecule has 1 heterocycles. The zero-order valence-electron chi connectivity index (χ0n) is 12.6. The van der Waals surface area contributed by atoms with Crippen LogP contribution in [0, 0.1) is 0 Å². The lowest BCUT2D eigenvalue weighted by molar-refractivity contribution is -0.128. The number of nitrogens with zero attached hydrogens (tertiary/aromatic N) is 1. The van der Waals surface area contributed by atoms with Crippen LogP contribution in [0.25, 0.3) is 0 Å². The first-order chi connectivity index (χ1) is 9.56. The van der Waals surface area contributed by atoms with Crippen LogP contribution >= 0.6 is 11.8 Å². The third kappa shape index (κ3) is 4.17. The zero-order chi connectivity index (χ0) is 14.5. The average Bonchev–Trinajstić information content (AvgIpc) is 2.42. The van der Waals surface area contributed by atoms with E-state index in [0.717, 1.165) is 0 Å². The van der Waals surface area contributed by atoms with E-state index in [1.54, 1.807) is 11.8 Å². The zero-order valence-corrected chi connectivity index (χ0v) is 13.4. The summed E-state index contributed by atoms with van der Waals surface area (Å²) < 4.78 is 0. The molecular weight excluding hydrogens is 268 g/mol. The molecule has 1 aliphatic rings. The number of rotatable bonds is 4. The molecule has 0 aromatic heterocycles. The molecule has 0 bridgehead atoms. The highest BCUT2D eigenvalue weighted by molar-refractivity contribution is 8.00. The summed E-state index contributed by atoms with van der Waals surface area (Å²) in [5.74, 6) is 1.38. The number of hydrogen-bond donors (Lipinski definition) is 1. The van der Waals surface area contributed by atoms with Gasteiger partial charge in [0, 0.05) is 37.5 Å². The molecule has 0 radical (unpaired) electrons. The van der Waals surface area contributed by atoms with Crippen molar-refractivity contribution >= 4 is 23.4 Å². The van der Waals surface area contributed by atoms with Gasteiger partial charge in [-0.2, -0.15) is 11.8 Å². The van der Waals surface area contributed by atoms with Crippen molar-refractivity contribution in [3.63, 3.8) is 0 Å². The molecule has 2 unspecified atom stereocenters. The molecular formula is C16H24N2OS. The Hall–Kier alpha value is -1.16. The van der Waals surface area contributed by atoms with Crippen molar-refractivity contribution in [2.45, 2.75) is 44.5 Å². The lowest BCUT2D eigenvalue weighted by atomic mass is 10.1. The minimum absolute atomic E-state index is 0.0978. The molecule has 3 nitrogen and oxygen atoms in total. The van der Waals surface area contributed by atoms with Gasteiger partial charge in [-0.05, 0) is 36.3 Å². The molecule has 0 saturated carbocycles. The van der Waals surface area contributed by atoms with Crippen molar-refractivity contribution in [2.75, 3.05) is 18.1 Å². The van der Waals surface area contributed by atoms with Gasteiger partial charge < -0.3 is 10.2 Å². The molecule has 110 valence electrons. The SMILES string of the molecule is CC(=O)N(C)Cc1cccc(NC2CCCSC2C)c1. The fourth-order valence-corrected chi connectivity index (χ4v) is 3.61. The fraction of sp³-hybridized carbons (Fsp3) is 0.562. The van der Waals surface area contributed by atoms with Crippen LogP contribution in [-0.4, -0.2) is 34.9 Å². The van der Waals surface area contributed by atoms with Crippen LogP contribution in [0.5, 0.6) is 0 Å². The van der Waals surface area contributed by atoms with Crippen LogP contribution in [0.2, 0.25) is 0 Å². The summed E-state index contributed by atoms with van der Waals surface area (Å²) >= 11 is 2.05. The molecule has 1 N–H and O–H groups in total. The van der Waals surface area contributed by atoms with Gasteiger partial charge in [-0.15, -0.1) is 0 Å². The van der Waals surface area contributed by atoms with Gasteiger partial charge in [0.1, 0.15) is 0 Å². The van der Waals surface area contributed by atoms with E-state index in [4.69, 9.17) is 0 Å². The quantitative estimate of drug-likeness (QED) is 0.923. The van der Waals surface area contributed by atoms with E-state index in [1.165, 1.54) is 29.8 Å². The Morgan fingerprint density at radius 3 is 3.00 bits per heavy atom. The molecule has 1 aromatic rings. The monoisotopic (exact) mass is 292 g/mol. The first-order valence-electron chi connectivity index (χ1n) is 7.25. The molecule has 1 amide bonds. The maximum atomic E-state index is 11.3. The Morgan fingerprint density at radius 1 is 1.50 bits per heavy atom. The fourth-order valence-electron chi connectivity index (χ4n) is 2.47. The number of amides is 1. The minimum atomic E-state index is 0.0978. The third-order valence-electron chi connectivity index (χ3n) is 3.84. The highest BCUT2D eigenvalue weighted by Crippen LogP contribution is 2.27. The number of hydrogen-bond acceptors (Lipinski definition) is 3. The molecule has 2 atom stereocenters. The van der Waals surface area contributed by atoms with Gasteiger partial charge in [-0.25, -0.2) is 0 Å². The summed E-state index contributed by atoms with van der Waals surface area (Å²) in [7, 11) is 1.84. The number of anilines is 1. The van der Waals surface area contributed by atoms with Crippen LogP contribution in [0.15, 0.2) is 24.3 Å². The lowest BCUT2D eigenvalue weighted by Gasteiger charge is -2.30. The molecule has 1 fully saturated rings. The highest BCUT2D eigenvalue weighted by atomic mass is 32.2. The van der Waals surface area contributed by atoms with Crippen molar-refractivity contribution in [2.24, 2.45) is 0 Å². The maximum absolute atomic E-state index is 11.3. The van der Waals surface area contributed by atoms with E-state index in [0.29, 0.717) is 17.8 Å². The first kappa shape index (κ1) is 15.2. The van der Waals surface area contributed by atoms with Crippen molar-refractivity contribution in [3.05, 3.63) is 29.8 Å². The Bertz CT molecular complexity index is 464. The maximum Gasteiger partial charge on any atom is 0.219 e. The van der Waals surface area contributed by atoms with E-state index < -0.39 is 0 Å². The van der Waals surface area contributed by atoms with Crippen LogP contribution in [-0.2, 0) is 11.3 Å². The normalized spacial score (nSPS) is 22.4. The largest absolute Gasteiger partial charge is 0.381 e. The van der Waals surface area contributed by atoms with Gasteiger partial charge in [-0.3, -0.25) is 4.79 Å². The standard InChI is InChI=1S/C16H24N2OS/c1-12-16(8-5-9-20-12)17-15-7-4-6-14(10-15)11-18(3)13(2)19/h4,6-7,10,12,16-17H,5,8-9,11H2,1-3H3. The lowest BCUT2D eigenvalue weighted by Crippen LogP contribution is -2.32. The Kier molecular flexibility index (Phi) is 5.35. The summed E-state index contributed by atoms with van der Waals surface area (Å²) in [5, 5.41) is 4.31. The number of nitrogens with one attached hydrogen (secondary N) is 1. The van der Waals surface area contributed by atoms with Crippen molar-refractivity contribution in [1.29, 1.82) is 0 Å². The summed E-state index contributed by atoms with van der Waals surface area (Å²) in [6.07, 6.45) is 2.53. The van der Waals surface area contributed by atoms with Crippen molar-refractivity contribution in [1.82, 2.24) is 4.90 Å². The summed E-state index contributed by atoms with van der Waals surface area (Å²) in [4.78, 5) is 13.0. The molecule has 4 heteroatoms. The van der Waals surface area contributed by atoms with Gasteiger partial charge in [0.05, 0.1) is 0 Å². The minimum Gasteiger partial charge on any atom is -0.381 e. The Morgan fingerprint density at radius 2 is 2.30 bits per heavy atom. The van der Waals surface area contributed by atoms with Gasteiger partial charge in [0.25, 0.3) is 0 Å². The predicted octanol–water partition coefficient (Wildman–Crippen LogP) is 3.36. The first-order valence-corrected chi connectivity index (χ1v) is 8.30. The summed E-state index contributed by atoms with van der Waals surface area (Å²) in [5.41, 5.74) is 2.34. The van der Waals surface area contributed by atoms with Gasteiger partial charge >= 0.3 is 0 Å². The average molecular weight is 292 g/mol. The molecule has 20 heavy (non-hydrogen) atoms. The topological polar surface area (TPSA) is 32.3 Å².